The zero-order chi connectivity index (χ0) is 11.9. The molecule has 2 rings (SSSR count). The third-order valence-electron chi connectivity index (χ3n) is 2.08. The summed E-state index contributed by atoms with van der Waals surface area (Å²) in [6.07, 6.45) is 0. The van der Waals surface area contributed by atoms with Crippen LogP contribution < -0.4 is 0 Å². The van der Waals surface area contributed by atoms with E-state index in [2.05, 4.69) is 26.2 Å². The molecule has 0 spiro atoms. The van der Waals surface area contributed by atoms with Crippen molar-refractivity contribution in [3.05, 3.63) is 26.8 Å². The maximum absolute atomic E-state index is 9.39. The van der Waals surface area contributed by atoms with Crippen molar-refractivity contribution in [3.8, 4) is 17.0 Å². The van der Waals surface area contributed by atoms with Gasteiger partial charge in [-0.2, -0.15) is 0 Å². The lowest BCUT2D eigenvalue weighted by molar-refractivity contribution is 0.475. The molecule has 1 aromatic carbocycles. The monoisotopic (exact) mass is 321 g/mol. The van der Waals surface area contributed by atoms with Crippen LogP contribution in [-0.4, -0.2) is 20.1 Å². The first-order valence-corrected chi connectivity index (χ1v) is 5.79. The number of benzene rings is 1. The topological polar surface area (TPSA) is 50.9 Å². The fourth-order valence-corrected chi connectivity index (χ4v) is 2.29. The molecule has 0 aliphatic carbocycles. The van der Waals surface area contributed by atoms with Crippen LogP contribution in [0.1, 0.15) is 0 Å². The largest absolute Gasteiger partial charge is 0.506 e. The van der Waals surface area contributed by atoms with Gasteiger partial charge < -0.3 is 5.11 Å². The predicted octanol–water partition coefficient (Wildman–Crippen LogP) is 3.26. The minimum atomic E-state index is -0.0540. The van der Waals surface area contributed by atoms with Gasteiger partial charge in [0.15, 0.2) is 4.60 Å². The van der Waals surface area contributed by atoms with E-state index in [1.807, 2.05) is 0 Å². The van der Waals surface area contributed by atoms with E-state index < -0.39 is 0 Å². The molecule has 4 nitrogen and oxygen atoms in total. The fourth-order valence-electron chi connectivity index (χ4n) is 1.34. The number of hydrogen-bond donors (Lipinski definition) is 1. The highest BCUT2D eigenvalue weighted by atomic mass is 79.9. The van der Waals surface area contributed by atoms with Crippen molar-refractivity contribution in [1.29, 1.82) is 0 Å². The van der Waals surface area contributed by atoms with E-state index in [1.165, 1.54) is 6.07 Å². The summed E-state index contributed by atoms with van der Waals surface area (Å²) in [6, 6.07) is 2.96. The maximum Gasteiger partial charge on any atom is 0.156 e. The van der Waals surface area contributed by atoms with Crippen molar-refractivity contribution in [1.82, 2.24) is 15.0 Å². The van der Waals surface area contributed by atoms with Gasteiger partial charge in [0.05, 0.1) is 10.0 Å². The molecule has 0 amide bonds. The molecule has 0 unspecified atom stereocenters. The summed E-state index contributed by atoms with van der Waals surface area (Å²) in [5, 5.41) is 17.7. The zero-order valence-corrected chi connectivity index (χ0v) is 11.2. The van der Waals surface area contributed by atoms with Crippen molar-refractivity contribution >= 4 is 39.1 Å². The van der Waals surface area contributed by atoms with Gasteiger partial charge in [0.1, 0.15) is 11.4 Å². The highest BCUT2D eigenvalue weighted by Gasteiger charge is 2.15. The summed E-state index contributed by atoms with van der Waals surface area (Å²) in [7, 11) is 1.74. The molecule has 0 saturated heterocycles. The standard InChI is InChI=1S/C9H6BrCl2N3O/c1-15-8(9(10)13-14-15)4-2-6(12)7(16)3-5(4)11/h2-3,16H,1H3. The lowest BCUT2D eigenvalue weighted by Gasteiger charge is -2.06. The van der Waals surface area contributed by atoms with Gasteiger partial charge in [-0.25, -0.2) is 4.68 Å². The Morgan fingerprint density at radius 1 is 1.31 bits per heavy atom. The molecule has 16 heavy (non-hydrogen) atoms. The van der Waals surface area contributed by atoms with Gasteiger partial charge in [0.25, 0.3) is 0 Å². The molecule has 84 valence electrons. The van der Waals surface area contributed by atoms with Crippen molar-refractivity contribution in [2.24, 2.45) is 7.05 Å². The average Bonchev–Trinajstić information content (AvgIpc) is 2.53. The minimum absolute atomic E-state index is 0.0540. The Labute approximate surface area is 110 Å². The summed E-state index contributed by atoms with van der Waals surface area (Å²) in [6.45, 7) is 0. The minimum Gasteiger partial charge on any atom is -0.506 e. The summed E-state index contributed by atoms with van der Waals surface area (Å²) in [4.78, 5) is 0. The highest BCUT2D eigenvalue weighted by Crippen LogP contribution is 2.37. The second-order valence-electron chi connectivity index (χ2n) is 3.14. The fraction of sp³-hybridized carbons (Fsp3) is 0.111. The smallest absolute Gasteiger partial charge is 0.156 e. The lowest BCUT2D eigenvalue weighted by Crippen LogP contribution is -1.94. The van der Waals surface area contributed by atoms with Crippen molar-refractivity contribution in [2.45, 2.75) is 0 Å². The van der Waals surface area contributed by atoms with E-state index in [0.717, 1.165) is 0 Å². The Kier molecular flexibility index (Phi) is 3.10. The van der Waals surface area contributed by atoms with Crippen molar-refractivity contribution < 1.29 is 5.11 Å². The van der Waals surface area contributed by atoms with Gasteiger partial charge >= 0.3 is 0 Å². The number of aryl methyl sites for hydroxylation is 1. The number of phenolic OH excluding ortho intramolecular Hbond substituents is 1. The van der Waals surface area contributed by atoms with Crippen LogP contribution in [0.15, 0.2) is 16.7 Å². The molecule has 0 radical (unpaired) electrons. The first-order chi connectivity index (χ1) is 7.50. The number of nitrogens with zero attached hydrogens (tertiary/aromatic N) is 3. The molecule has 2 aromatic rings. The van der Waals surface area contributed by atoms with Crippen LogP contribution in [0.2, 0.25) is 10.0 Å². The SMILES string of the molecule is Cn1nnc(Br)c1-c1cc(Cl)c(O)cc1Cl. The third-order valence-corrected chi connectivity index (χ3v) is 3.23. The van der Waals surface area contributed by atoms with E-state index in [4.69, 9.17) is 23.2 Å². The van der Waals surface area contributed by atoms with Gasteiger partial charge in [-0.1, -0.05) is 28.4 Å². The van der Waals surface area contributed by atoms with Gasteiger partial charge in [-0.3, -0.25) is 0 Å². The molecular formula is C9H6BrCl2N3O. The molecule has 0 saturated carbocycles. The van der Waals surface area contributed by atoms with Crippen LogP contribution in [0.4, 0.5) is 0 Å². The van der Waals surface area contributed by atoms with E-state index >= 15 is 0 Å². The van der Waals surface area contributed by atoms with Gasteiger partial charge in [-0.15, -0.1) is 5.10 Å². The van der Waals surface area contributed by atoms with Crippen LogP contribution >= 0.6 is 39.1 Å². The average molecular weight is 323 g/mol. The molecule has 0 aliphatic rings. The summed E-state index contributed by atoms with van der Waals surface area (Å²) in [5.74, 6) is -0.0540. The Morgan fingerprint density at radius 2 is 2.00 bits per heavy atom. The normalized spacial score (nSPS) is 10.8. The molecule has 0 aliphatic heterocycles. The summed E-state index contributed by atoms with van der Waals surface area (Å²) >= 11 is 15.1. The first kappa shape index (κ1) is 11.7. The van der Waals surface area contributed by atoms with Crippen LogP contribution in [0, 0.1) is 0 Å². The van der Waals surface area contributed by atoms with Crippen molar-refractivity contribution in [2.75, 3.05) is 0 Å². The van der Waals surface area contributed by atoms with Gasteiger partial charge in [-0.05, 0) is 22.0 Å². The van der Waals surface area contributed by atoms with Crippen LogP contribution in [-0.2, 0) is 7.05 Å². The number of halogens is 3. The Morgan fingerprint density at radius 3 is 2.56 bits per heavy atom. The Bertz CT molecular complexity index is 536. The molecule has 0 bridgehead atoms. The second-order valence-corrected chi connectivity index (χ2v) is 4.70. The molecule has 1 aromatic heterocycles. The van der Waals surface area contributed by atoms with Crippen molar-refractivity contribution in [3.63, 3.8) is 0 Å². The third kappa shape index (κ3) is 1.90. The number of aromatic nitrogens is 3. The van der Waals surface area contributed by atoms with E-state index in [9.17, 15) is 5.11 Å². The predicted molar refractivity (Wildman–Crippen MR) is 65.8 cm³/mol. The van der Waals surface area contributed by atoms with E-state index in [0.29, 0.717) is 20.9 Å². The quantitative estimate of drug-likeness (QED) is 0.876. The molecule has 7 heteroatoms. The van der Waals surface area contributed by atoms with Crippen LogP contribution in [0.3, 0.4) is 0 Å². The van der Waals surface area contributed by atoms with Crippen LogP contribution in [0.5, 0.6) is 5.75 Å². The number of aromatic hydroxyl groups is 1. The molecule has 1 N–H and O–H groups in total. The van der Waals surface area contributed by atoms with E-state index in [-0.39, 0.29) is 10.8 Å². The molecular weight excluding hydrogens is 317 g/mol. The molecule has 0 fully saturated rings. The molecule has 1 heterocycles. The van der Waals surface area contributed by atoms with E-state index in [1.54, 1.807) is 17.8 Å². The second kappa shape index (κ2) is 4.24. The first-order valence-electron chi connectivity index (χ1n) is 4.24. The summed E-state index contributed by atoms with van der Waals surface area (Å²) < 4.78 is 2.14. The highest BCUT2D eigenvalue weighted by molar-refractivity contribution is 9.10. The van der Waals surface area contributed by atoms with Crippen LogP contribution in [0.25, 0.3) is 11.3 Å². The van der Waals surface area contributed by atoms with Gasteiger partial charge in [0.2, 0.25) is 0 Å². The maximum atomic E-state index is 9.39. The Balaban J connectivity index is 2.69. The molecule has 0 atom stereocenters. The number of phenols is 1. The zero-order valence-electron chi connectivity index (χ0n) is 8.08. The van der Waals surface area contributed by atoms with Gasteiger partial charge in [0, 0.05) is 18.7 Å². The Hall–Kier alpha value is -0.780. The number of hydrogen-bond acceptors (Lipinski definition) is 3. The number of rotatable bonds is 1. The lowest BCUT2D eigenvalue weighted by atomic mass is 10.1. The summed E-state index contributed by atoms with van der Waals surface area (Å²) in [5.41, 5.74) is 1.36.